The van der Waals surface area contributed by atoms with E-state index in [1.54, 1.807) is 7.11 Å². The number of carbonyl (C=O) groups excluding carboxylic acids is 1. The van der Waals surface area contributed by atoms with Crippen LogP contribution in [0.25, 0.3) is 0 Å². The lowest BCUT2D eigenvalue weighted by molar-refractivity contribution is -0.126. The Balaban J connectivity index is 1.82. The van der Waals surface area contributed by atoms with Crippen molar-refractivity contribution in [3.63, 3.8) is 0 Å². The van der Waals surface area contributed by atoms with Crippen LogP contribution in [0.15, 0.2) is 54.6 Å². The highest BCUT2D eigenvalue weighted by atomic mass is 16.5. The van der Waals surface area contributed by atoms with Crippen molar-refractivity contribution < 1.29 is 9.53 Å². The molecule has 0 heterocycles. The van der Waals surface area contributed by atoms with Crippen LogP contribution in [0, 0.1) is 0 Å². The molecule has 4 heteroatoms. The Kier molecular flexibility index (Phi) is 5.16. The maximum atomic E-state index is 12.8. The van der Waals surface area contributed by atoms with Gasteiger partial charge in [-0.3, -0.25) is 9.69 Å². The van der Waals surface area contributed by atoms with Gasteiger partial charge in [0, 0.05) is 18.2 Å². The van der Waals surface area contributed by atoms with Crippen LogP contribution < -0.4 is 10.1 Å². The van der Waals surface area contributed by atoms with E-state index in [-0.39, 0.29) is 11.9 Å². The third-order valence-electron chi connectivity index (χ3n) is 4.34. The number of benzene rings is 2. The Morgan fingerprint density at radius 1 is 1.17 bits per heavy atom. The molecule has 1 amide bonds. The van der Waals surface area contributed by atoms with Crippen LogP contribution in [-0.2, 0) is 11.3 Å². The summed E-state index contributed by atoms with van der Waals surface area (Å²) in [6, 6.07) is 17.9. The summed E-state index contributed by atoms with van der Waals surface area (Å²) < 4.78 is 5.44. The summed E-state index contributed by atoms with van der Waals surface area (Å²) in [5.74, 6) is 0.917. The van der Waals surface area contributed by atoms with Crippen LogP contribution in [0.5, 0.6) is 5.75 Å². The van der Waals surface area contributed by atoms with Gasteiger partial charge in [0.05, 0.1) is 7.11 Å². The molecule has 0 spiro atoms. The highest BCUT2D eigenvalue weighted by Crippen LogP contribution is 2.27. The first-order valence-electron chi connectivity index (χ1n) is 8.36. The number of nitrogens with zero attached hydrogens (tertiary/aromatic N) is 1. The first-order valence-corrected chi connectivity index (χ1v) is 8.36. The first-order chi connectivity index (χ1) is 11.7. The number of rotatable bonds is 7. The van der Waals surface area contributed by atoms with Gasteiger partial charge in [-0.15, -0.1) is 0 Å². The highest BCUT2D eigenvalue weighted by Gasteiger charge is 2.30. The predicted molar refractivity (Wildman–Crippen MR) is 94.8 cm³/mol. The SMILES string of the molecule is COc1ccccc1CN(C)[C@H](C(=O)NC1CC1)c1ccccc1. The Morgan fingerprint density at radius 3 is 2.50 bits per heavy atom. The van der Waals surface area contributed by atoms with Gasteiger partial charge < -0.3 is 10.1 Å². The van der Waals surface area contributed by atoms with Gasteiger partial charge in [-0.1, -0.05) is 48.5 Å². The lowest BCUT2D eigenvalue weighted by Gasteiger charge is -2.28. The van der Waals surface area contributed by atoms with Crippen LogP contribution in [0.4, 0.5) is 0 Å². The van der Waals surface area contributed by atoms with E-state index in [1.807, 2.05) is 61.6 Å². The molecule has 1 aliphatic carbocycles. The second kappa shape index (κ2) is 7.49. The highest BCUT2D eigenvalue weighted by molar-refractivity contribution is 5.83. The zero-order valence-corrected chi connectivity index (χ0v) is 14.2. The molecular formula is C20H24N2O2. The van der Waals surface area contributed by atoms with Crippen LogP contribution in [-0.4, -0.2) is 31.0 Å². The maximum absolute atomic E-state index is 12.8. The molecule has 0 saturated heterocycles. The molecule has 1 aliphatic rings. The fourth-order valence-electron chi connectivity index (χ4n) is 2.94. The quantitative estimate of drug-likeness (QED) is 0.851. The fourth-order valence-corrected chi connectivity index (χ4v) is 2.94. The van der Waals surface area contributed by atoms with E-state index in [9.17, 15) is 4.79 Å². The maximum Gasteiger partial charge on any atom is 0.242 e. The van der Waals surface area contributed by atoms with Crippen molar-refractivity contribution in [3.8, 4) is 5.75 Å². The number of hydrogen-bond donors (Lipinski definition) is 1. The molecule has 1 saturated carbocycles. The normalized spacial score (nSPS) is 15.1. The molecule has 0 aromatic heterocycles. The molecule has 24 heavy (non-hydrogen) atoms. The second-order valence-corrected chi connectivity index (χ2v) is 6.32. The Labute approximate surface area is 143 Å². The Morgan fingerprint density at radius 2 is 1.83 bits per heavy atom. The lowest BCUT2D eigenvalue weighted by Crippen LogP contribution is -2.39. The molecule has 0 unspecified atom stereocenters. The molecule has 4 nitrogen and oxygen atoms in total. The predicted octanol–water partition coefficient (Wildman–Crippen LogP) is 3.15. The fraction of sp³-hybridized carbons (Fsp3) is 0.350. The van der Waals surface area contributed by atoms with Gasteiger partial charge in [0.25, 0.3) is 0 Å². The molecular weight excluding hydrogens is 300 g/mol. The molecule has 1 atom stereocenters. The zero-order chi connectivity index (χ0) is 16.9. The molecule has 3 rings (SSSR count). The molecule has 0 radical (unpaired) electrons. The van der Waals surface area contributed by atoms with Crippen molar-refractivity contribution in [1.29, 1.82) is 0 Å². The van der Waals surface area contributed by atoms with Gasteiger partial charge >= 0.3 is 0 Å². The largest absolute Gasteiger partial charge is 0.496 e. The van der Waals surface area contributed by atoms with E-state index in [2.05, 4.69) is 10.2 Å². The molecule has 126 valence electrons. The van der Waals surface area contributed by atoms with Gasteiger partial charge in [-0.2, -0.15) is 0 Å². The first kappa shape index (κ1) is 16.5. The van der Waals surface area contributed by atoms with E-state index in [1.165, 1.54) is 0 Å². The van der Waals surface area contributed by atoms with Crippen molar-refractivity contribution in [1.82, 2.24) is 10.2 Å². The minimum absolute atomic E-state index is 0.0705. The van der Waals surface area contributed by atoms with E-state index in [0.717, 1.165) is 29.7 Å². The van der Waals surface area contributed by atoms with Gasteiger partial charge in [-0.05, 0) is 31.5 Å². The van der Waals surface area contributed by atoms with Gasteiger partial charge in [0.2, 0.25) is 5.91 Å². The lowest BCUT2D eigenvalue weighted by atomic mass is 10.0. The van der Waals surface area contributed by atoms with Crippen LogP contribution in [0.1, 0.15) is 30.0 Å². The number of likely N-dealkylation sites (N-methyl/N-ethyl adjacent to an activating group) is 1. The van der Waals surface area contributed by atoms with Crippen molar-refractivity contribution >= 4 is 5.91 Å². The summed E-state index contributed by atoms with van der Waals surface area (Å²) in [6.45, 7) is 0.641. The van der Waals surface area contributed by atoms with Gasteiger partial charge in [0.1, 0.15) is 11.8 Å². The van der Waals surface area contributed by atoms with Crippen LogP contribution >= 0.6 is 0 Å². The summed E-state index contributed by atoms with van der Waals surface area (Å²) >= 11 is 0. The molecule has 0 aliphatic heterocycles. The summed E-state index contributed by atoms with van der Waals surface area (Å²) in [4.78, 5) is 14.9. The summed E-state index contributed by atoms with van der Waals surface area (Å²) in [5, 5.41) is 3.14. The third-order valence-corrected chi connectivity index (χ3v) is 4.34. The average Bonchev–Trinajstić information content (AvgIpc) is 3.40. The Hall–Kier alpha value is -2.33. The number of methoxy groups -OCH3 is 1. The molecule has 2 aromatic carbocycles. The van der Waals surface area contributed by atoms with Crippen molar-refractivity contribution in [3.05, 3.63) is 65.7 Å². The van der Waals surface area contributed by atoms with Gasteiger partial charge in [0.15, 0.2) is 0 Å². The molecule has 1 N–H and O–H groups in total. The Bertz CT molecular complexity index is 683. The zero-order valence-electron chi connectivity index (χ0n) is 14.2. The minimum Gasteiger partial charge on any atom is -0.496 e. The standard InChI is InChI=1S/C20H24N2O2/c1-22(14-16-10-6-7-11-18(16)24-2)19(15-8-4-3-5-9-15)20(23)21-17-12-13-17/h3-11,17,19H,12-14H2,1-2H3,(H,21,23)/t19-/m0/s1. The smallest absolute Gasteiger partial charge is 0.242 e. The number of hydrogen-bond acceptors (Lipinski definition) is 3. The van der Waals surface area contributed by atoms with Gasteiger partial charge in [-0.25, -0.2) is 0 Å². The van der Waals surface area contributed by atoms with E-state index < -0.39 is 0 Å². The summed E-state index contributed by atoms with van der Waals surface area (Å²) in [6.07, 6.45) is 2.17. The summed E-state index contributed by atoms with van der Waals surface area (Å²) in [7, 11) is 3.66. The summed E-state index contributed by atoms with van der Waals surface area (Å²) in [5.41, 5.74) is 2.08. The van der Waals surface area contributed by atoms with Crippen molar-refractivity contribution in [2.45, 2.75) is 31.5 Å². The van der Waals surface area contributed by atoms with E-state index in [4.69, 9.17) is 4.74 Å². The van der Waals surface area contributed by atoms with E-state index >= 15 is 0 Å². The van der Waals surface area contributed by atoms with Crippen LogP contribution in [0.3, 0.4) is 0 Å². The number of para-hydroxylation sites is 1. The van der Waals surface area contributed by atoms with Crippen LogP contribution in [0.2, 0.25) is 0 Å². The number of nitrogens with one attached hydrogen (secondary N) is 1. The number of amides is 1. The number of carbonyl (C=O) groups is 1. The minimum atomic E-state index is -0.309. The molecule has 0 bridgehead atoms. The number of ether oxygens (including phenoxy) is 1. The second-order valence-electron chi connectivity index (χ2n) is 6.32. The van der Waals surface area contributed by atoms with Crippen molar-refractivity contribution in [2.75, 3.05) is 14.2 Å². The molecule has 2 aromatic rings. The van der Waals surface area contributed by atoms with Crippen molar-refractivity contribution in [2.24, 2.45) is 0 Å². The third kappa shape index (κ3) is 3.95. The van der Waals surface area contributed by atoms with E-state index in [0.29, 0.717) is 12.6 Å². The monoisotopic (exact) mass is 324 g/mol. The topological polar surface area (TPSA) is 41.6 Å². The molecule has 1 fully saturated rings. The average molecular weight is 324 g/mol.